The summed E-state index contributed by atoms with van der Waals surface area (Å²) in [6.07, 6.45) is 1.90. The van der Waals surface area contributed by atoms with E-state index in [1.54, 1.807) is 0 Å². The quantitative estimate of drug-likeness (QED) is 0.616. The lowest BCUT2D eigenvalue weighted by Crippen LogP contribution is -2.16. The fourth-order valence-electron chi connectivity index (χ4n) is 2.81. The Kier molecular flexibility index (Phi) is 3.88. The molecule has 3 N–H and O–H groups in total. The van der Waals surface area contributed by atoms with Gasteiger partial charge in [-0.1, -0.05) is 13.3 Å². The molecule has 128 valence electrons. The van der Waals surface area contributed by atoms with Gasteiger partial charge in [-0.05, 0) is 12.5 Å². The fourth-order valence-corrected chi connectivity index (χ4v) is 2.81. The molecule has 25 heavy (non-hydrogen) atoms. The lowest BCUT2D eigenvalue weighted by atomic mass is 10.00. The topological polar surface area (TPSA) is 138 Å². The molecule has 0 aliphatic carbocycles. The maximum Gasteiger partial charge on any atom is 0.352 e. The monoisotopic (exact) mass is 343 g/mol. The average molecular weight is 343 g/mol. The minimum absolute atomic E-state index is 0.0237. The van der Waals surface area contributed by atoms with E-state index in [1.807, 2.05) is 6.92 Å². The van der Waals surface area contributed by atoms with E-state index >= 15 is 0 Å². The van der Waals surface area contributed by atoms with E-state index in [0.29, 0.717) is 18.4 Å². The van der Waals surface area contributed by atoms with Crippen LogP contribution in [0.25, 0.3) is 21.9 Å². The highest BCUT2D eigenvalue weighted by molar-refractivity contribution is 6.01. The molecule has 0 saturated carbocycles. The molecule has 0 aliphatic rings. The Morgan fingerprint density at radius 2 is 1.84 bits per heavy atom. The number of nitrogens with one attached hydrogen (secondary N) is 1. The van der Waals surface area contributed by atoms with E-state index in [4.69, 9.17) is 14.6 Å². The molecule has 2 aromatic heterocycles. The number of H-pyrrole nitrogens is 1. The number of pyridine rings is 1. The number of benzene rings is 1. The maximum atomic E-state index is 12.4. The number of hydrogen-bond donors (Lipinski definition) is 3. The summed E-state index contributed by atoms with van der Waals surface area (Å²) >= 11 is 0. The fraction of sp³-hybridized carbons (Fsp3) is 0.176. The third kappa shape index (κ3) is 2.57. The van der Waals surface area contributed by atoms with Gasteiger partial charge in [0.15, 0.2) is 5.43 Å². The smallest absolute Gasteiger partial charge is 0.352 e. The molecule has 0 aliphatic heterocycles. The number of rotatable bonds is 4. The molecule has 0 amide bonds. The summed E-state index contributed by atoms with van der Waals surface area (Å²) in [4.78, 5) is 49.7. The minimum Gasteiger partial charge on any atom is -0.477 e. The number of fused-ring (bicyclic) bond motifs is 2. The number of aryl methyl sites for hydroxylation is 1. The Labute approximate surface area is 139 Å². The zero-order chi connectivity index (χ0) is 18.3. The summed E-state index contributed by atoms with van der Waals surface area (Å²) in [5.74, 6) is -2.72. The van der Waals surface area contributed by atoms with Crippen LogP contribution in [0.5, 0.6) is 0 Å². The molecular weight excluding hydrogens is 330 g/mol. The zero-order valence-electron chi connectivity index (χ0n) is 13.1. The summed E-state index contributed by atoms with van der Waals surface area (Å²) < 4.78 is 5.37. The first-order valence-corrected chi connectivity index (χ1v) is 7.46. The Hall–Kier alpha value is -3.42. The van der Waals surface area contributed by atoms with Crippen LogP contribution in [0.4, 0.5) is 0 Å². The van der Waals surface area contributed by atoms with Gasteiger partial charge in [0.25, 0.3) is 0 Å². The lowest BCUT2D eigenvalue weighted by molar-refractivity contribution is 0.0681. The molecule has 0 radical (unpaired) electrons. The molecule has 8 heteroatoms. The molecule has 3 aromatic rings. The number of hydrogen-bond acceptors (Lipinski definition) is 5. The minimum atomic E-state index is -1.43. The summed E-state index contributed by atoms with van der Waals surface area (Å²) in [6, 6.07) is 2.17. The third-order valence-corrected chi connectivity index (χ3v) is 3.92. The first-order valence-electron chi connectivity index (χ1n) is 7.46. The summed E-state index contributed by atoms with van der Waals surface area (Å²) in [5.41, 5.74) is -1.27. The summed E-state index contributed by atoms with van der Waals surface area (Å²) in [6.45, 7) is 1.87. The first kappa shape index (κ1) is 16.4. The Morgan fingerprint density at radius 3 is 2.44 bits per heavy atom. The van der Waals surface area contributed by atoms with E-state index in [2.05, 4.69) is 4.98 Å². The van der Waals surface area contributed by atoms with Crippen molar-refractivity contribution in [3.05, 3.63) is 55.7 Å². The van der Waals surface area contributed by atoms with Crippen LogP contribution in [0.2, 0.25) is 0 Å². The Morgan fingerprint density at radius 1 is 1.12 bits per heavy atom. The summed E-state index contributed by atoms with van der Waals surface area (Å²) in [7, 11) is 0. The molecule has 3 rings (SSSR count). The standard InChI is InChI=1S/C17H13NO7/c1-2-3-7-13-8(12(19)5-11(18-13)17(23)24)4-9-14(20)10(16(21)22)6-25-15(7)9/h4-6H,2-3H2,1H3,(H,18,19)(H,21,22)(H,23,24). The van der Waals surface area contributed by atoms with Gasteiger partial charge in [0.1, 0.15) is 23.1 Å². The van der Waals surface area contributed by atoms with E-state index < -0.39 is 28.4 Å². The predicted molar refractivity (Wildman–Crippen MR) is 88.5 cm³/mol. The SMILES string of the molecule is CCCc1c2[nH]c(C(=O)O)cc(=O)c2cc2c(=O)c(C(=O)O)coc12. The molecule has 8 nitrogen and oxygen atoms in total. The van der Waals surface area contributed by atoms with Crippen molar-refractivity contribution in [2.45, 2.75) is 19.8 Å². The Bertz CT molecular complexity index is 1150. The van der Waals surface area contributed by atoms with Crippen molar-refractivity contribution in [1.82, 2.24) is 4.98 Å². The molecular formula is C17H13NO7. The largest absolute Gasteiger partial charge is 0.477 e. The van der Waals surface area contributed by atoms with Crippen molar-refractivity contribution < 1.29 is 24.2 Å². The van der Waals surface area contributed by atoms with Crippen LogP contribution in [0.15, 0.2) is 32.4 Å². The second-order valence-electron chi connectivity index (χ2n) is 5.54. The number of aromatic amines is 1. The molecule has 0 atom stereocenters. The van der Waals surface area contributed by atoms with Crippen LogP contribution in [-0.4, -0.2) is 27.1 Å². The molecule has 0 bridgehead atoms. The zero-order valence-corrected chi connectivity index (χ0v) is 13.1. The highest BCUT2D eigenvalue weighted by Crippen LogP contribution is 2.26. The van der Waals surface area contributed by atoms with E-state index in [9.17, 15) is 19.2 Å². The molecule has 2 heterocycles. The van der Waals surface area contributed by atoms with Crippen molar-refractivity contribution in [2.75, 3.05) is 0 Å². The van der Waals surface area contributed by atoms with Gasteiger partial charge in [-0.15, -0.1) is 0 Å². The van der Waals surface area contributed by atoms with Gasteiger partial charge in [0, 0.05) is 17.0 Å². The van der Waals surface area contributed by atoms with Gasteiger partial charge in [0.05, 0.1) is 10.9 Å². The van der Waals surface area contributed by atoms with Crippen LogP contribution in [0.1, 0.15) is 39.8 Å². The second-order valence-corrected chi connectivity index (χ2v) is 5.54. The number of carbonyl (C=O) groups is 2. The molecule has 0 unspecified atom stereocenters. The number of aromatic nitrogens is 1. The predicted octanol–water partition coefficient (Wildman–Crippen LogP) is 1.98. The van der Waals surface area contributed by atoms with Crippen LogP contribution in [0, 0.1) is 0 Å². The van der Waals surface area contributed by atoms with Crippen LogP contribution in [-0.2, 0) is 6.42 Å². The second kappa shape index (κ2) is 5.90. The van der Waals surface area contributed by atoms with Crippen molar-refractivity contribution in [1.29, 1.82) is 0 Å². The molecule has 0 spiro atoms. The van der Waals surface area contributed by atoms with Gasteiger partial charge >= 0.3 is 11.9 Å². The van der Waals surface area contributed by atoms with Gasteiger partial charge < -0.3 is 19.6 Å². The lowest BCUT2D eigenvalue weighted by Gasteiger charge is -2.10. The van der Waals surface area contributed by atoms with Crippen molar-refractivity contribution in [2.24, 2.45) is 0 Å². The van der Waals surface area contributed by atoms with Crippen molar-refractivity contribution >= 4 is 33.8 Å². The van der Waals surface area contributed by atoms with Crippen LogP contribution < -0.4 is 10.9 Å². The summed E-state index contributed by atoms with van der Waals surface area (Å²) in [5, 5.41) is 18.3. The molecule has 0 fully saturated rings. The van der Waals surface area contributed by atoms with Gasteiger partial charge in [0.2, 0.25) is 5.43 Å². The normalized spacial score (nSPS) is 11.1. The van der Waals surface area contributed by atoms with Gasteiger partial charge in [-0.25, -0.2) is 9.59 Å². The molecule has 1 aromatic carbocycles. The first-order chi connectivity index (χ1) is 11.8. The highest BCUT2D eigenvalue weighted by Gasteiger charge is 2.19. The number of carboxylic acids is 2. The van der Waals surface area contributed by atoms with Crippen LogP contribution in [0.3, 0.4) is 0 Å². The van der Waals surface area contributed by atoms with Crippen LogP contribution >= 0.6 is 0 Å². The Balaban J connectivity index is 2.56. The van der Waals surface area contributed by atoms with E-state index in [-0.39, 0.29) is 27.6 Å². The number of aromatic carboxylic acids is 2. The van der Waals surface area contributed by atoms with Gasteiger partial charge in [-0.2, -0.15) is 0 Å². The molecule has 0 saturated heterocycles. The van der Waals surface area contributed by atoms with Crippen molar-refractivity contribution in [3.63, 3.8) is 0 Å². The number of carboxylic acid groups (broad SMARTS) is 2. The van der Waals surface area contributed by atoms with E-state index in [1.165, 1.54) is 6.07 Å². The van der Waals surface area contributed by atoms with E-state index in [0.717, 1.165) is 12.3 Å². The maximum absolute atomic E-state index is 12.4. The van der Waals surface area contributed by atoms with Gasteiger partial charge in [-0.3, -0.25) is 9.59 Å². The van der Waals surface area contributed by atoms with Crippen molar-refractivity contribution in [3.8, 4) is 0 Å². The average Bonchev–Trinajstić information content (AvgIpc) is 2.55. The highest BCUT2D eigenvalue weighted by atomic mass is 16.4. The third-order valence-electron chi connectivity index (χ3n) is 3.92.